The van der Waals surface area contributed by atoms with E-state index in [9.17, 15) is 0 Å². The molecular weight excluding hydrogens is 248 g/mol. The van der Waals surface area contributed by atoms with Crippen LogP contribution in [0.25, 0.3) is 10.9 Å². The molecule has 2 aromatic rings. The molecule has 0 bridgehead atoms. The van der Waals surface area contributed by atoms with E-state index in [1.807, 2.05) is 0 Å². The zero-order chi connectivity index (χ0) is 14.3. The second-order valence-corrected chi connectivity index (χ2v) is 6.19. The molecule has 1 aliphatic carbocycles. The molecule has 3 nitrogen and oxygen atoms in total. The summed E-state index contributed by atoms with van der Waals surface area (Å²) in [6.07, 6.45) is 7.28. The molecule has 1 aromatic heterocycles. The summed E-state index contributed by atoms with van der Waals surface area (Å²) >= 11 is 0. The third kappa shape index (κ3) is 1.84. The van der Waals surface area contributed by atoms with Gasteiger partial charge in [0.15, 0.2) is 0 Å². The number of ether oxygens (including phenoxy) is 1. The molecule has 3 rings (SSSR count). The average Bonchev–Trinajstić information content (AvgIpc) is 3.04. The summed E-state index contributed by atoms with van der Waals surface area (Å²) in [6, 6.07) is 4.28. The van der Waals surface area contributed by atoms with Crippen molar-refractivity contribution >= 4 is 10.9 Å². The first kappa shape index (κ1) is 13.5. The first-order valence-electron chi connectivity index (χ1n) is 7.45. The van der Waals surface area contributed by atoms with E-state index < -0.39 is 0 Å². The largest absolute Gasteiger partial charge is 0.497 e. The summed E-state index contributed by atoms with van der Waals surface area (Å²) in [5.74, 6) is 0.938. The molecule has 1 aromatic carbocycles. The van der Waals surface area contributed by atoms with Gasteiger partial charge in [-0.25, -0.2) is 0 Å². The predicted octanol–water partition coefficient (Wildman–Crippen LogP) is 3.27. The van der Waals surface area contributed by atoms with Crippen molar-refractivity contribution in [2.75, 3.05) is 13.7 Å². The van der Waals surface area contributed by atoms with Crippen molar-refractivity contribution in [2.45, 2.75) is 38.0 Å². The maximum Gasteiger partial charge on any atom is 0.119 e. The first-order chi connectivity index (χ1) is 9.61. The topological polar surface area (TPSA) is 40.2 Å². The number of methoxy groups -OCH3 is 1. The lowest BCUT2D eigenvalue weighted by Crippen LogP contribution is -2.31. The molecule has 0 saturated heterocycles. The molecule has 108 valence electrons. The summed E-state index contributed by atoms with van der Waals surface area (Å²) < 4.78 is 7.70. The lowest BCUT2D eigenvalue weighted by Gasteiger charge is -2.27. The second kappa shape index (κ2) is 4.81. The van der Waals surface area contributed by atoms with Gasteiger partial charge in [-0.3, -0.25) is 0 Å². The van der Waals surface area contributed by atoms with Crippen LogP contribution in [0.4, 0.5) is 0 Å². The van der Waals surface area contributed by atoms with Gasteiger partial charge in [-0.15, -0.1) is 0 Å². The summed E-state index contributed by atoms with van der Waals surface area (Å²) in [7, 11) is 3.86. The molecule has 0 radical (unpaired) electrons. The number of hydrogen-bond donors (Lipinski definition) is 1. The standard InChI is InChI=1S/C17H24N2O/c1-12-8-13(20-3)9-14-15(10-19(2)16(12)14)17(11-18)6-4-5-7-17/h8-10H,4-7,11,18H2,1-3H3. The number of benzene rings is 1. The molecule has 20 heavy (non-hydrogen) atoms. The molecule has 1 saturated carbocycles. The van der Waals surface area contributed by atoms with E-state index >= 15 is 0 Å². The molecule has 0 spiro atoms. The molecule has 2 N–H and O–H groups in total. The molecule has 3 heteroatoms. The van der Waals surface area contributed by atoms with Crippen molar-refractivity contribution < 1.29 is 4.74 Å². The Bertz CT molecular complexity index is 636. The lowest BCUT2D eigenvalue weighted by atomic mass is 9.79. The third-order valence-corrected chi connectivity index (χ3v) is 5.00. The van der Waals surface area contributed by atoms with Crippen LogP contribution in [0.5, 0.6) is 5.75 Å². The summed E-state index contributed by atoms with van der Waals surface area (Å²) in [6.45, 7) is 2.89. The number of nitrogens with two attached hydrogens (primary N) is 1. The molecule has 0 aliphatic heterocycles. The van der Waals surface area contributed by atoms with Gasteiger partial charge < -0.3 is 15.0 Å². The Morgan fingerprint density at radius 3 is 2.60 bits per heavy atom. The molecule has 0 unspecified atom stereocenters. The van der Waals surface area contributed by atoms with Crippen LogP contribution < -0.4 is 10.5 Å². The van der Waals surface area contributed by atoms with E-state index in [4.69, 9.17) is 10.5 Å². The Hall–Kier alpha value is -1.48. The molecule has 1 fully saturated rings. The van der Waals surface area contributed by atoms with Gasteiger partial charge >= 0.3 is 0 Å². The number of nitrogens with zero attached hydrogens (tertiary/aromatic N) is 1. The zero-order valence-corrected chi connectivity index (χ0v) is 12.7. The lowest BCUT2D eigenvalue weighted by molar-refractivity contribution is 0.415. The fourth-order valence-corrected chi connectivity index (χ4v) is 3.92. The molecule has 0 amide bonds. The number of aromatic nitrogens is 1. The Balaban J connectivity index is 2.28. The van der Waals surface area contributed by atoms with Crippen molar-refractivity contribution in [1.29, 1.82) is 0 Å². The highest BCUT2D eigenvalue weighted by Crippen LogP contribution is 2.44. The van der Waals surface area contributed by atoms with Crippen LogP contribution in [0, 0.1) is 6.92 Å². The minimum atomic E-state index is 0.165. The molecule has 1 aliphatic rings. The predicted molar refractivity (Wildman–Crippen MR) is 83.4 cm³/mol. The van der Waals surface area contributed by atoms with Crippen molar-refractivity contribution in [3.05, 3.63) is 29.5 Å². The van der Waals surface area contributed by atoms with Gasteiger partial charge in [-0.05, 0) is 43.0 Å². The minimum Gasteiger partial charge on any atom is -0.497 e. The van der Waals surface area contributed by atoms with Crippen LogP contribution in [0.1, 0.15) is 36.8 Å². The highest BCUT2D eigenvalue weighted by molar-refractivity contribution is 5.89. The Labute approximate surface area is 120 Å². The smallest absolute Gasteiger partial charge is 0.119 e. The number of rotatable bonds is 3. The van der Waals surface area contributed by atoms with Gasteiger partial charge in [0.2, 0.25) is 0 Å². The van der Waals surface area contributed by atoms with Crippen molar-refractivity contribution in [1.82, 2.24) is 4.57 Å². The van der Waals surface area contributed by atoms with Crippen LogP contribution in [-0.2, 0) is 12.5 Å². The highest BCUT2D eigenvalue weighted by atomic mass is 16.5. The summed E-state index contributed by atoms with van der Waals surface area (Å²) in [5, 5.41) is 1.32. The van der Waals surface area contributed by atoms with Gasteiger partial charge in [-0.2, -0.15) is 0 Å². The Morgan fingerprint density at radius 1 is 1.30 bits per heavy atom. The van der Waals surface area contributed by atoms with Gasteiger partial charge in [0, 0.05) is 30.6 Å². The monoisotopic (exact) mass is 272 g/mol. The SMILES string of the molecule is COc1cc(C)c2c(c1)c(C1(CN)CCCC1)cn2C. The van der Waals surface area contributed by atoms with Crippen LogP contribution in [-0.4, -0.2) is 18.2 Å². The van der Waals surface area contributed by atoms with E-state index in [0.29, 0.717) is 0 Å². The van der Waals surface area contributed by atoms with Crippen LogP contribution in [0.3, 0.4) is 0 Å². The minimum absolute atomic E-state index is 0.165. The summed E-state index contributed by atoms with van der Waals surface area (Å²) in [4.78, 5) is 0. The maximum atomic E-state index is 6.17. The first-order valence-corrected chi connectivity index (χ1v) is 7.45. The van der Waals surface area contributed by atoms with Crippen molar-refractivity contribution in [3.8, 4) is 5.75 Å². The maximum absolute atomic E-state index is 6.17. The number of hydrogen-bond acceptors (Lipinski definition) is 2. The Kier molecular flexibility index (Phi) is 3.25. The average molecular weight is 272 g/mol. The normalized spacial score (nSPS) is 17.8. The van der Waals surface area contributed by atoms with E-state index in [0.717, 1.165) is 12.3 Å². The van der Waals surface area contributed by atoms with E-state index in [-0.39, 0.29) is 5.41 Å². The highest BCUT2D eigenvalue weighted by Gasteiger charge is 2.36. The van der Waals surface area contributed by atoms with Crippen molar-refractivity contribution in [3.63, 3.8) is 0 Å². The second-order valence-electron chi connectivity index (χ2n) is 6.19. The van der Waals surface area contributed by atoms with E-state index in [1.165, 1.54) is 47.7 Å². The Morgan fingerprint density at radius 2 is 2.00 bits per heavy atom. The third-order valence-electron chi connectivity index (χ3n) is 5.00. The fourth-order valence-electron chi connectivity index (χ4n) is 3.92. The number of aryl methyl sites for hydroxylation is 2. The van der Waals surface area contributed by atoms with Gasteiger partial charge in [0.1, 0.15) is 5.75 Å². The quantitative estimate of drug-likeness (QED) is 0.931. The van der Waals surface area contributed by atoms with Crippen molar-refractivity contribution in [2.24, 2.45) is 12.8 Å². The van der Waals surface area contributed by atoms with Crippen LogP contribution in [0.2, 0.25) is 0 Å². The van der Waals surface area contributed by atoms with E-state index in [1.54, 1.807) is 7.11 Å². The molecule has 1 heterocycles. The summed E-state index contributed by atoms with van der Waals surface area (Å²) in [5.41, 5.74) is 10.3. The molecular formula is C17H24N2O. The zero-order valence-electron chi connectivity index (χ0n) is 12.7. The van der Waals surface area contributed by atoms with Crippen LogP contribution in [0.15, 0.2) is 18.3 Å². The molecule has 0 atom stereocenters. The van der Waals surface area contributed by atoms with Gasteiger partial charge in [0.05, 0.1) is 12.6 Å². The van der Waals surface area contributed by atoms with E-state index in [2.05, 4.69) is 36.9 Å². The van der Waals surface area contributed by atoms with Gasteiger partial charge in [-0.1, -0.05) is 12.8 Å². The fraction of sp³-hybridized carbons (Fsp3) is 0.529. The number of fused-ring (bicyclic) bond motifs is 1. The van der Waals surface area contributed by atoms with Crippen LogP contribution >= 0.6 is 0 Å². The van der Waals surface area contributed by atoms with Gasteiger partial charge in [0.25, 0.3) is 0 Å².